The summed E-state index contributed by atoms with van der Waals surface area (Å²) in [6, 6.07) is 0. The molecule has 0 aromatic heterocycles. The van der Waals surface area contributed by atoms with E-state index in [9.17, 15) is 0 Å². The summed E-state index contributed by atoms with van der Waals surface area (Å²) in [5.41, 5.74) is 1.18. The van der Waals surface area contributed by atoms with E-state index in [0.717, 1.165) is 12.8 Å². The van der Waals surface area contributed by atoms with Crippen LogP contribution in [0.3, 0.4) is 0 Å². The van der Waals surface area contributed by atoms with E-state index in [4.69, 9.17) is 14.6 Å². The molecule has 0 rings (SSSR count). The molecule has 0 unspecified atom stereocenters. The van der Waals surface area contributed by atoms with Gasteiger partial charge in [0.05, 0.1) is 6.61 Å². The molecular weight excluding hydrogens is 156 g/mol. The standard InChI is InChI=1S/C9H18O3/c1-9(5-3-4-6-10)7-12-8-11-2/h5,10H,3-4,6-8H2,1-2H3/b9-5+. The topological polar surface area (TPSA) is 38.7 Å². The molecule has 3 nitrogen and oxygen atoms in total. The minimum Gasteiger partial charge on any atom is -0.396 e. The zero-order valence-electron chi connectivity index (χ0n) is 7.88. The Labute approximate surface area is 74.0 Å². The van der Waals surface area contributed by atoms with Crippen molar-refractivity contribution in [3.8, 4) is 0 Å². The molecule has 0 aliphatic carbocycles. The lowest BCUT2D eigenvalue weighted by Gasteiger charge is -2.02. The van der Waals surface area contributed by atoms with Gasteiger partial charge >= 0.3 is 0 Å². The Balaban J connectivity index is 3.29. The molecule has 0 radical (unpaired) electrons. The van der Waals surface area contributed by atoms with Gasteiger partial charge < -0.3 is 14.6 Å². The van der Waals surface area contributed by atoms with E-state index in [1.807, 2.05) is 6.92 Å². The molecule has 0 aliphatic rings. The number of allylic oxidation sites excluding steroid dienone is 1. The van der Waals surface area contributed by atoms with Crippen LogP contribution in [-0.4, -0.2) is 32.2 Å². The molecule has 0 amide bonds. The Morgan fingerprint density at radius 2 is 2.25 bits per heavy atom. The maximum absolute atomic E-state index is 8.51. The van der Waals surface area contributed by atoms with Crippen LogP contribution in [0, 0.1) is 0 Å². The van der Waals surface area contributed by atoms with E-state index >= 15 is 0 Å². The number of methoxy groups -OCH3 is 1. The van der Waals surface area contributed by atoms with Gasteiger partial charge in [0, 0.05) is 13.7 Å². The maximum Gasteiger partial charge on any atom is 0.146 e. The van der Waals surface area contributed by atoms with Crippen LogP contribution in [0.25, 0.3) is 0 Å². The summed E-state index contributed by atoms with van der Waals surface area (Å²) >= 11 is 0. The normalized spacial score (nSPS) is 12.1. The molecule has 12 heavy (non-hydrogen) atoms. The molecule has 0 spiro atoms. The van der Waals surface area contributed by atoms with E-state index < -0.39 is 0 Å². The van der Waals surface area contributed by atoms with Crippen molar-refractivity contribution in [3.63, 3.8) is 0 Å². The van der Waals surface area contributed by atoms with Gasteiger partial charge in [0.15, 0.2) is 0 Å². The van der Waals surface area contributed by atoms with Crippen molar-refractivity contribution in [3.05, 3.63) is 11.6 Å². The smallest absolute Gasteiger partial charge is 0.146 e. The second-order valence-electron chi connectivity index (χ2n) is 2.67. The molecule has 3 heteroatoms. The molecule has 72 valence electrons. The highest BCUT2D eigenvalue weighted by Crippen LogP contribution is 1.98. The molecule has 0 bridgehead atoms. The minimum absolute atomic E-state index is 0.253. The minimum atomic E-state index is 0.253. The van der Waals surface area contributed by atoms with Crippen LogP contribution in [0.15, 0.2) is 11.6 Å². The Morgan fingerprint density at radius 1 is 1.50 bits per heavy atom. The molecule has 0 atom stereocenters. The van der Waals surface area contributed by atoms with Crippen molar-refractivity contribution < 1.29 is 14.6 Å². The summed E-state index contributed by atoms with van der Waals surface area (Å²) in [5.74, 6) is 0. The van der Waals surface area contributed by atoms with E-state index in [1.54, 1.807) is 7.11 Å². The highest BCUT2D eigenvalue weighted by atomic mass is 16.7. The van der Waals surface area contributed by atoms with Gasteiger partial charge in [0.1, 0.15) is 6.79 Å². The third-order valence-electron chi connectivity index (χ3n) is 1.39. The Kier molecular flexibility index (Phi) is 8.44. The monoisotopic (exact) mass is 174 g/mol. The number of hydrogen-bond acceptors (Lipinski definition) is 3. The average molecular weight is 174 g/mol. The first-order valence-corrected chi connectivity index (χ1v) is 4.14. The van der Waals surface area contributed by atoms with Crippen molar-refractivity contribution in [2.45, 2.75) is 19.8 Å². The summed E-state index contributed by atoms with van der Waals surface area (Å²) in [5, 5.41) is 8.51. The van der Waals surface area contributed by atoms with Crippen LogP contribution in [0.2, 0.25) is 0 Å². The number of hydrogen-bond donors (Lipinski definition) is 1. The quantitative estimate of drug-likeness (QED) is 0.359. The van der Waals surface area contributed by atoms with Gasteiger partial charge in [0.25, 0.3) is 0 Å². The summed E-state index contributed by atoms with van der Waals surface area (Å²) in [4.78, 5) is 0. The fourth-order valence-electron chi connectivity index (χ4n) is 0.785. The summed E-state index contributed by atoms with van der Waals surface area (Å²) < 4.78 is 9.85. The molecule has 0 aromatic rings. The number of unbranched alkanes of at least 4 members (excludes halogenated alkanes) is 1. The van der Waals surface area contributed by atoms with Crippen molar-refractivity contribution >= 4 is 0 Å². The molecular formula is C9H18O3. The van der Waals surface area contributed by atoms with E-state index in [-0.39, 0.29) is 6.61 Å². The van der Waals surface area contributed by atoms with Gasteiger partial charge in [-0.3, -0.25) is 0 Å². The second kappa shape index (κ2) is 8.71. The van der Waals surface area contributed by atoms with Crippen LogP contribution in [0.4, 0.5) is 0 Å². The first-order valence-electron chi connectivity index (χ1n) is 4.14. The predicted octanol–water partition coefficient (Wildman–Crippen LogP) is 1.33. The van der Waals surface area contributed by atoms with Crippen LogP contribution < -0.4 is 0 Å². The van der Waals surface area contributed by atoms with Crippen LogP contribution in [0.5, 0.6) is 0 Å². The lowest BCUT2D eigenvalue weighted by Crippen LogP contribution is -1.99. The van der Waals surface area contributed by atoms with Crippen molar-refractivity contribution in [2.24, 2.45) is 0 Å². The van der Waals surface area contributed by atoms with Crippen molar-refractivity contribution in [2.75, 3.05) is 27.1 Å². The number of aliphatic hydroxyl groups is 1. The molecule has 0 heterocycles. The highest BCUT2D eigenvalue weighted by Gasteiger charge is 1.89. The highest BCUT2D eigenvalue weighted by molar-refractivity contribution is 4.97. The average Bonchev–Trinajstić information content (AvgIpc) is 2.06. The van der Waals surface area contributed by atoms with Crippen LogP contribution >= 0.6 is 0 Å². The van der Waals surface area contributed by atoms with Crippen molar-refractivity contribution in [1.29, 1.82) is 0 Å². The third-order valence-corrected chi connectivity index (χ3v) is 1.39. The second-order valence-corrected chi connectivity index (χ2v) is 2.67. The van der Waals surface area contributed by atoms with Gasteiger partial charge in [0.2, 0.25) is 0 Å². The zero-order chi connectivity index (χ0) is 9.23. The Hall–Kier alpha value is -0.380. The molecule has 0 aromatic carbocycles. The number of aliphatic hydroxyl groups excluding tert-OH is 1. The molecule has 0 saturated carbocycles. The van der Waals surface area contributed by atoms with E-state index in [0.29, 0.717) is 13.4 Å². The molecule has 0 aliphatic heterocycles. The summed E-state index contributed by atoms with van der Waals surface area (Å²) in [6.45, 7) is 3.21. The van der Waals surface area contributed by atoms with Crippen molar-refractivity contribution in [1.82, 2.24) is 0 Å². The number of ether oxygens (including phenoxy) is 2. The van der Waals surface area contributed by atoms with Crippen LogP contribution in [-0.2, 0) is 9.47 Å². The van der Waals surface area contributed by atoms with Gasteiger partial charge in [-0.1, -0.05) is 11.6 Å². The first kappa shape index (κ1) is 11.6. The predicted molar refractivity (Wildman–Crippen MR) is 47.9 cm³/mol. The largest absolute Gasteiger partial charge is 0.396 e. The molecule has 0 saturated heterocycles. The fraction of sp³-hybridized carbons (Fsp3) is 0.778. The van der Waals surface area contributed by atoms with Gasteiger partial charge in [-0.15, -0.1) is 0 Å². The summed E-state index contributed by atoms with van der Waals surface area (Å²) in [6.07, 6.45) is 3.81. The SMILES string of the molecule is COCOC/C(C)=C/CCCO. The fourth-order valence-corrected chi connectivity index (χ4v) is 0.785. The van der Waals surface area contributed by atoms with E-state index in [1.165, 1.54) is 5.57 Å². The van der Waals surface area contributed by atoms with Gasteiger partial charge in [-0.2, -0.15) is 0 Å². The van der Waals surface area contributed by atoms with Gasteiger partial charge in [-0.05, 0) is 19.8 Å². The molecule has 0 fully saturated rings. The Morgan fingerprint density at radius 3 is 2.83 bits per heavy atom. The van der Waals surface area contributed by atoms with E-state index in [2.05, 4.69) is 6.08 Å². The molecule has 1 N–H and O–H groups in total. The lowest BCUT2D eigenvalue weighted by atomic mass is 10.2. The Bertz CT molecular complexity index is 121. The van der Waals surface area contributed by atoms with Gasteiger partial charge in [-0.25, -0.2) is 0 Å². The zero-order valence-corrected chi connectivity index (χ0v) is 7.88. The third kappa shape index (κ3) is 7.72. The lowest BCUT2D eigenvalue weighted by molar-refractivity contribution is -0.0211. The maximum atomic E-state index is 8.51. The summed E-state index contributed by atoms with van der Waals surface area (Å²) in [7, 11) is 1.60. The number of rotatable bonds is 7. The first-order chi connectivity index (χ1) is 5.81. The van der Waals surface area contributed by atoms with Crippen LogP contribution in [0.1, 0.15) is 19.8 Å².